The van der Waals surface area contributed by atoms with E-state index in [1.807, 2.05) is 48.5 Å². The van der Waals surface area contributed by atoms with Gasteiger partial charge in [0.05, 0.1) is 19.1 Å². The van der Waals surface area contributed by atoms with Crippen LogP contribution in [0.4, 0.5) is 0 Å². The molecule has 0 bridgehead atoms. The maximum atomic E-state index is 11.9. The second-order valence-electron chi connectivity index (χ2n) is 5.57. The molecule has 0 atom stereocenters. The molecule has 3 aromatic rings. The Morgan fingerprint density at radius 1 is 1.17 bits per heavy atom. The highest BCUT2D eigenvalue weighted by atomic mass is 35.5. The Morgan fingerprint density at radius 3 is 2.62 bits per heavy atom. The number of carbonyl (C=O) groups excluding carboxylic acids is 1. The number of benzene rings is 2. The number of hydrogen-bond acceptors (Lipinski definition) is 8. The zero-order chi connectivity index (χ0) is 20.5. The van der Waals surface area contributed by atoms with Crippen LogP contribution in [-0.4, -0.2) is 35.2 Å². The van der Waals surface area contributed by atoms with Gasteiger partial charge in [-0.1, -0.05) is 64.7 Å². The van der Waals surface area contributed by atoms with Crippen molar-refractivity contribution in [2.75, 3.05) is 12.9 Å². The van der Waals surface area contributed by atoms with Crippen LogP contribution < -0.4 is 10.2 Å². The van der Waals surface area contributed by atoms with E-state index in [-0.39, 0.29) is 11.7 Å². The summed E-state index contributed by atoms with van der Waals surface area (Å²) in [6.45, 7) is 0. The molecule has 0 unspecified atom stereocenters. The number of nitrogens with zero attached hydrogens (tertiary/aromatic N) is 3. The number of hydrazone groups is 1. The van der Waals surface area contributed by atoms with Gasteiger partial charge in [0.15, 0.2) is 8.68 Å². The zero-order valence-electron chi connectivity index (χ0n) is 15.4. The van der Waals surface area contributed by atoms with E-state index < -0.39 is 0 Å². The van der Waals surface area contributed by atoms with E-state index in [1.54, 1.807) is 25.1 Å². The molecule has 0 saturated heterocycles. The summed E-state index contributed by atoms with van der Waals surface area (Å²) >= 11 is 10.5. The van der Waals surface area contributed by atoms with Gasteiger partial charge < -0.3 is 4.74 Å². The van der Waals surface area contributed by atoms with Crippen molar-refractivity contribution in [2.45, 2.75) is 14.4 Å². The number of nitrogens with one attached hydrogen (secondary N) is 1. The highest BCUT2D eigenvalue weighted by Crippen LogP contribution is 2.32. The fraction of sp³-hybridized carbons (Fsp3) is 0.158. The summed E-state index contributed by atoms with van der Waals surface area (Å²) in [7, 11) is 1.61. The van der Waals surface area contributed by atoms with Crippen molar-refractivity contribution < 1.29 is 9.53 Å². The van der Waals surface area contributed by atoms with Crippen molar-refractivity contribution in [3.05, 3.63) is 64.7 Å². The first-order chi connectivity index (χ1) is 14.1. The molecular weight excluding hydrogens is 448 g/mol. The third-order valence-electron chi connectivity index (χ3n) is 3.54. The van der Waals surface area contributed by atoms with Gasteiger partial charge in [-0.05, 0) is 41.5 Å². The number of ether oxygens (including phenoxy) is 1. The van der Waals surface area contributed by atoms with Gasteiger partial charge in [0.2, 0.25) is 0 Å². The van der Waals surface area contributed by atoms with E-state index >= 15 is 0 Å². The first kappa shape index (κ1) is 21.6. The number of carbonyl (C=O) groups is 1. The first-order valence-electron chi connectivity index (χ1n) is 8.42. The van der Waals surface area contributed by atoms with Gasteiger partial charge in [-0.3, -0.25) is 4.79 Å². The quantitative estimate of drug-likeness (QED) is 0.280. The molecule has 0 fully saturated rings. The predicted molar refractivity (Wildman–Crippen MR) is 120 cm³/mol. The highest BCUT2D eigenvalue weighted by molar-refractivity contribution is 8.03. The van der Waals surface area contributed by atoms with Gasteiger partial charge in [0, 0.05) is 10.8 Å². The van der Waals surface area contributed by atoms with E-state index in [1.165, 1.54) is 23.1 Å². The maximum Gasteiger partial charge on any atom is 0.250 e. The summed E-state index contributed by atoms with van der Waals surface area (Å²) in [6.07, 6.45) is 1.58. The lowest BCUT2D eigenvalue weighted by molar-refractivity contribution is -0.118. The van der Waals surface area contributed by atoms with Gasteiger partial charge in [-0.15, -0.1) is 10.2 Å². The molecule has 150 valence electrons. The third-order valence-corrected chi connectivity index (χ3v) is 7.15. The van der Waals surface area contributed by atoms with Crippen LogP contribution in [0.2, 0.25) is 5.02 Å². The standard InChI is InChI=1S/C19H17ClN4O2S3/c1-26-15-8-6-13(7-9-15)10-21-22-17(25)12-28-19-24-23-18(29-19)27-11-14-4-2-3-5-16(14)20/h2-10H,11-12H2,1H3,(H,22,25)/b21-10+. The average molecular weight is 465 g/mol. The van der Waals surface area contributed by atoms with Crippen molar-refractivity contribution in [3.63, 3.8) is 0 Å². The van der Waals surface area contributed by atoms with Crippen LogP contribution in [0.5, 0.6) is 5.75 Å². The predicted octanol–water partition coefficient (Wildman–Crippen LogP) is 4.73. The molecule has 1 amide bonds. The number of aromatic nitrogens is 2. The molecule has 6 nitrogen and oxygen atoms in total. The average Bonchev–Trinajstić information content (AvgIpc) is 3.20. The Labute approximate surface area is 186 Å². The Morgan fingerprint density at radius 2 is 1.90 bits per heavy atom. The van der Waals surface area contributed by atoms with Crippen molar-refractivity contribution in [3.8, 4) is 5.75 Å². The van der Waals surface area contributed by atoms with E-state index in [0.717, 1.165) is 36.3 Å². The summed E-state index contributed by atoms with van der Waals surface area (Å²) in [5.74, 6) is 1.49. The molecule has 1 N–H and O–H groups in total. The summed E-state index contributed by atoms with van der Waals surface area (Å²) in [4.78, 5) is 11.9. The summed E-state index contributed by atoms with van der Waals surface area (Å²) in [6, 6.07) is 15.1. The molecule has 0 radical (unpaired) electrons. The molecule has 29 heavy (non-hydrogen) atoms. The molecule has 0 aliphatic rings. The minimum Gasteiger partial charge on any atom is -0.497 e. The highest BCUT2D eigenvalue weighted by Gasteiger charge is 2.09. The van der Waals surface area contributed by atoms with Crippen LogP contribution in [0.15, 0.2) is 62.3 Å². The lowest BCUT2D eigenvalue weighted by atomic mass is 10.2. The molecule has 2 aromatic carbocycles. The Balaban J connectivity index is 1.41. The Hall–Kier alpha value is -2.07. The van der Waals surface area contributed by atoms with Crippen LogP contribution >= 0.6 is 46.5 Å². The van der Waals surface area contributed by atoms with Crippen molar-refractivity contribution in [1.82, 2.24) is 15.6 Å². The minimum atomic E-state index is -0.208. The second-order valence-corrected chi connectivity index (χ2v) is 9.40. The smallest absolute Gasteiger partial charge is 0.250 e. The van der Waals surface area contributed by atoms with E-state index in [9.17, 15) is 4.79 Å². The normalized spacial score (nSPS) is 11.0. The molecule has 1 aromatic heterocycles. The topological polar surface area (TPSA) is 76.5 Å². The minimum absolute atomic E-state index is 0.208. The molecule has 0 saturated carbocycles. The number of halogens is 1. The summed E-state index contributed by atoms with van der Waals surface area (Å²) in [5, 5.41) is 13.0. The van der Waals surface area contributed by atoms with Crippen LogP contribution in [0.3, 0.4) is 0 Å². The van der Waals surface area contributed by atoms with Crippen LogP contribution in [0.1, 0.15) is 11.1 Å². The van der Waals surface area contributed by atoms with E-state index in [0.29, 0.717) is 0 Å². The largest absolute Gasteiger partial charge is 0.497 e. The first-order valence-corrected chi connectivity index (χ1v) is 11.6. The number of hydrogen-bond donors (Lipinski definition) is 1. The van der Waals surface area contributed by atoms with Gasteiger partial charge in [0.25, 0.3) is 5.91 Å². The van der Waals surface area contributed by atoms with E-state index in [2.05, 4.69) is 20.7 Å². The number of amides is 1. The van der Waals surface area contributed by atoms with Crippen molar-refractivity contribution in [2.24, 2.45) is 5.10 Å². The molecule has 3 rings (SSSR count). The van der Waals surface area contributed by atoms with Crippen molar-refractivity contribution >= 4 is 58.6 Å². The molecular formula is C19H17ClN4O2S3. The lowest BCUT2D eigenvalue weighted by Crippen LogP contribution is -2.19. The SMILES string of the molecule is COc1ccc(/C=N/NC(=O)CSc2nnc(SCc3ccccc3Cl)s2)cc1. The lowest BCUT2D eigenvalue weighted by Gasteiger charge is -2.00. The van der Waals surface area contributed by atoms with Gasteiger partial charge in [0.1, 0.15) is 5.75 Å². The van der Waals surface area contributed by atoms with Gasteiger partial charge in [-0.2, -0.15) is 5.10 Å². The number of thioether (sulfide) groups is 2. The van der Waals surface area contributed by atoms with Gasteiger partial charge >= 0.3 is 0 Å². The van der Waals surface area contributed by atoms with E-state index in [4.69, 9.17) is 16.3 Å². The fourth-order valence-corrected chi connectivity index (χ4v) is 5.20. The Bertz CT molecular complexity index is 980. The number of methoxy groups -OCH3 is 1. The van der Waals surface area contributed by atoms with Crippen molar-refractivity contribution in [1.29, 1.82) is 0 Å². The molecule has 10 heteroatoms. The Kier molecular flexibility index (Phi) is 8.36. The molecule has 0 aliphatic heterocycles. The molecule has 0 spiro atoms. The third kappa shape index (κ3) is 7.04. The second kappa shape index (κ2) is 11.2. The maximum absolute atomic E-state index is 11.9. The molecule has 1 heterocycles. The van der Waals surface area contributed by atoms with Crippen LogP contribution in [0.25, 0.3) is 0 Å². The number of rotatable bonds is 9. The monoisotopic (exact) mass is 464 g/mol. The summed E-state index contributed by atoms with van der Waals surface area (Å²) < 4.78 is 6.67. The van der Waals surface area contributed by atoms with Gasteiger partial charge in [-0.25, -0.2) is 5.43 Å². The van der Waals surface area contributed by atoms with Crippen LogP contribution in [0, 0.1) is 0 Å². The fourth-order valence-electron chi connectivity index (χ4n) is 2.10. The van der Waals surface area contributed by atoms with Crippen LogP contribution in [-0.2, 0) is 10.5 Å². The molecule has 0 aliphatic carbocycles. The zero-order valence-corrected chi connectivity index (χ0v) is 18.6. The summed E-state index contributed by atoms with van der Waals surface area (Å²) in [5.41, 5.74) is 4.42.